The van der Waals surface area contributed by atoms with Crippen molar-refractivity contribution >= 4 is 5.97 Å². The number of benzene rings is 1. The number of aliphatic hydroxyl groups excluding tert-OH is 1. The van der Waals surface area contributed by atoms with E-state index in [9.17, 15) is 4.79 Å². The van der Waals surface area contributed by atoms with E-state index < -0.39 is 0 Å². The fourth-order valence-corrected chi connectivity index (χ4v) is 0.930. The molecule has 90 valence electrons. The molecule has 0 radical (unpaired) electrons. The van der Waals surface area contributed by atoms with Crippen LogP contribution < -0.4 is 0 Å². The number of methoxy groups -OCH3 is 1. The normalized spacial score (nSPS) is 8.94. The zero-order valence-corrected chi connectivity index (χ0v) is 9.68. The van der Waals surface area contributed by atoms with Gasteiger partial charge in [0.05, 0.1) is 13.2 Å². The van der Waals surface area contributed by atoms with Crippen LogP contribution in [0.2, 0.25) is 0 Å². The maximum absolute atomic E-state index is 9.87. The summed E-state index contributed by atoms with van der Waals surface area (Å²) < 4.78 is 9.23. The highest BCUT2D eigenvalue weighted by atomic mass is 16.5. The summed E-state index contributed by atoms with van der Waals surface area (Å²) >= 11 is 0. The van der Waals surface area contributed by atoms with E-state index in [1.54, 1.807) is 7.11 Å². The summed E-state index contributed by atoms with van der Waals surface area (Å²) in [5, 5.41) is 8.04. The molecule has 1 N–H and O–H groups in total. The minimum atomic E-state index is -0.353. The van der Waals surface area contributed by atoms with Gasteiger partial charge in [-0.15, -0.1) is 0 Å². The van der Waals surface area contributed by atoms with Crippen LogP contribution in [-0.4, -0.2) is 31.4 Å². The molecule has 0 unspecified atom stereocenters. The Morgan fingerprint density at radius 1 is 1.31 bits per heavy atom. The van der Waals surface area contributed by atoms with Gasteiger partial charge < -0.3 is 14.6 Å². The topological polar surface area (TPSA) is 55.8 Å². The van der Waals surface area contributed by atoms with Gasteiger partial charge in [0, 0.05) is 14.0 Å². The van der Waals surface area contributed by atoms with Crippen LogP contribution in [0.4, 0.5) is 0 Å². The molecule has 0 aliphatic rings. The highest BCUT2D eigenvalue weighted by Crippen LogP contribution is 1.98. The number of carbonyl (C=O) groups is 1. The molecular weight excluding hydrogens is 208 g/mol. The van der Waals surface area contributed by atoms with Crippen LogP contribution in [0.5, 0.6) is 0 Å². The lowest BCUT2D eigenvalue weighted by Crippen LogP contribution is -2.03. The summed E-state index contributed by atoms with van der Waals surface area (Å²) in [6.07, 6.45) is 0. The molecule has 0 bridgehead atoms. The van der Waals surface area contributed by atoms with E-state index in [-0.39, 0.29) is 19.2 Å². The highest BCUT2D eigenvalue weighted by Gasteiger charge is 1.86. The number of esters is 1. The average molecular weight is 226 g/mol. The van der Waals surface area contributed by atoms with Crippen molar-refractivity contribution in [3.8, 4) is 0 Å². The molecule has 0 amide bonds. The Labute approximate surface area is 95.8 Å². The predicted octanol–water partition coefficient (Wildman–Crippen LogP) is 1.37. The zero-order valence-electron chi connectivity index (χ0n) is 9.68. The lowest BCUT2D eigenvalue weighted by atomic mass is 10.2. The first kappa shape index (κ1) is 14.6. The van der Waals surface area contributed by atoms with E-state index in [1.807, 2.05) is 30.3 Å². The number of rotatable bonds is 4. The van der Waals surface area contributed by atoms with Crippen molar-refractivity contribution in [1.82, 2.24) is 0 Å². The van der Waals surface area contributed by atoms with Crippen molar-refractivity contribution in [2.75, 3.05) is 20.3 Å². The van der Waals surface area contributed by atoms with Crippen molar-refractivity contribution in [2.24, 2.45) is 0 Å². The lowest BCUT2D eigenvalue weighted by molar-refractivity contribution is -0.141. The van der Waals surface area contributed by atoms with Crippen molar-refractivity contribution < 1.29 is 19.4 Å². The van der Waals surface area contributed by atoms with Gasteiger partial charge in [-0.3, -0.25) is 4.79 Å². The van der Waals surface area contributed by atoms with Crippen LogP contribution in [0.1, 0.15) is 12.5 Å². The molecule has 4 nitrogen and oxygen atoms in total. The third kappa shape index (κ3) is 9.18. The number of carbonyl (C=O) groups excluding carboxylic acids is 1. The SMILES string of the molecule is CC(=O)OCCO.COCc1ccccc1. The van der Waals surface area contributed by atoms with E-state index in [1.165, 1.54) is 12.5 Å². The fraction of sp³-hybridized carbons (Fsp3) is 0.417. The molecule has 0 saturated heterocycles. The Morgan fingerprint density at radius 2 is 1.94 bits per heavy atom. The molecule has 0 heterocycles. The van der Waals surface area contributed by atoms with Gasteiger partial charge in [-0.25, -0.2) is 0 Å². The molecule has 0 spiro atoms. The van der Waals surface area contributed by atoms with Gasteiger partial charge in [0.15, 0.2) is 0 Å². The van der Waals surface area contributed by atoms with Gasteiger partial charge in [-0.05, 0) is 5.56 Å². The summed E-state index contributed by atoms with van der Waals surface area (Å²) in [5.41, 5.74) is 1.22. The Morgan fingerprint density at radius 3 is 2.31 bits per heavy atom. The van der Waals surface area contributed by atoms with E-state index in [0.717, 1.165) is 0 Å². The minimum Gasteiger partial charge on any atom is -0.463 e. The molecule has 0 atom stereocenters. The van der Waals surface area contributed by atoms with Crippen LogP contribution in [0.3, 0.4) is 0 Å². The second-order valence-corrected chi connectivity index (χ2v) is 2.98. The molecule has 16 heavy (non-hydrogen) atoms. The van der Waals surface area contributed by atoms with Gasteiger partial charge in [0.2, 0.25) is 0 Å². The summed E-state index contributed by atoms with van der Waals surface area (Å²) in [5.74, 6) is -0.353. The van der Waals surface area contributed by atoms with Gasteiger partial charge in [0.25, 0.3) is 0 Å². The number of aliphatic hydroxyl groups is 1. The van der Waals surface area contributed by atoms with Crippen molar-refractivity contribution in [3.63, 3.8) is 0 Å². The first-order valence-electron chi connectivity index (χ1n) is 4.97. The van der Waals surface area contributed by atoms with E-state index in [0.29, 0.717) is 6.61 Å². The van der Waals surface area contributed by atoms with Crippen LogP contribution in [0.25, 0.3) is 0 Å². The van der Waals surface area contributed by atoms with Crippen LogP contribution in [0.15, 0.2) is 30.3 Å². The van der Waals surface area contributed by atoms with Crippen molar-refractivity contribution in [2.45, 2.75) is 13.5 Å². The van der Waals surface area contributed by atoms with Gasteiger partial charge in [-0.1, -0.05) is 30.3 Å². The van der Waals surface area contributed by atoms with Crippen molar-refractivity contribution in [3.05, 3.63) is 35.9 Å². The smallest absolute Gasteiger partial charge is 0.302 e. The minimum absolute atomic E-state index is 0.0976. The second kappa shape index (κ2) is 10.1. The first-order valence-corrected chi connectivity index (χ1v) is 4.97. The van der Waals surface area contributed by atoms with Crippen molar-refractivity contribution in [1.29, 1.82) is 0 Å². The lowest BCUT2D eigenvalue weighted by Gasteiger charge is -1.95. The second-order valence-electron chi connectivity index (χ2n) is 2.98. The number of ether oxygens (including phenoxy) is 2. The molecule has 1 aromatic rings. The molecule has 0 aromatic heterocycles. The van der Waals surface area contributed by atoms with E-state index in [2.05, 4.69) is 4.74 Å². The van der Waals surface area contributed by atoms with Gasteiger partial charge in [-0.2, -0.15) is 0 Å². The summed E-state index contributed by atoms with van der Waals surface area (Å²) in [6, 6.07) is 10.1. The standard InChI is InChI=1S/C8H10O.C4H8O3/c1-9-7-8-5-3-2-4-6-8;1-4(6)7-3-2-5/h2-6H,7H2,1H3;5H,2-3H2,1H3. The summed E-state index contributed by atoms with van der Waals surface area (Å²) in [6.45, 7) is 2.02. The Bertz CT molecular complexity index is 272. The maximum atomic E-state index is 9.87. The molecule has 0 saturated carbocycles. The maximum Gasteiger partial charge on any atom is 0.302 e. The van der Waals surface area contributed by atoms with E-state index >= 15 is 0 Å². The molecule has 0 aliphatic carbocycles. The third-order valence-corrected chi connectivity index (χ3v) is 1.55. The van der Waals surface area contributed by atoms with Crippen LogP contribution in [0, 0.1) is 0 Å². The van der Waals surface area contributed by atoms with Crippen LogP contribution >= 0.6 is 0 Å². The predicted molar refractivity (Wildman–Crippen MR) is 60.9 cm³/mol. The third-order valence-electron chi connectivity index (χ3n) is 1.55. The Hall–Kier alpha value is -1.39. The Kier molecular flexibility index (Phi) is 9.26. The Balaban J connectivity index is 0.000000293. The molecule has 4 heteroatoms. The van der Waals surface area contributed by atoms with Gasteiger partial charge >= 0.3 is 5.97 Å². The quantitative estimate of drug-likeness (QED) is 0.788. The average Bonchev–Trinajstić information content (AvgIpc) is 2.29. The number of hydrogen-bond donors (Lipinski definition) is 1. The monoisotopic (exact) mass is 226 g/mol. The zero-order chi connectivity index (χ0) is 12.2. The fourth-order valence-electron chi connectivity index (χ4n) is 0.930. The highest BCUT2D eigenvalue weighted by molar-refractivity contribution is 5.65. The molecule has 1 aromatic carbocycles. The molecule has 1 rings (SSSR count). The van der Waals surface area contributed by atoms with Crippen LogP contribution in [-0.2, 0) is 20.9 Å². The summed E-state index contributed by atoms with van der Waals surface area (Å²) in [4.78, 5) is 9.87. The largest absolute Gasteiger partial charge is 0.463 e. The summed E-state index contributed by atoms with van der Waals surface area (Å²) in [7, 11) is 1.70. The number of hydrogen-bond acceptors (Lipinski definition) is 4. The molecule has 0 aliphatic heterocycles. The molecular formula is C12H18O4. The van der Waals surface area contributed by atoms with E-state index in [4.69, 9.17) is 9.84 Å². The first-order chi connectivity index (χ1) is 7.70. The molecule has 0 fully saturated rings. The van der Waals surface area contributed by atoms with Gasteiger partial charge in [0.1, 0.15) is 6.61 Å².